The molecule has 0 saturated carbocycles. The summed E-state index contributed by atoms with van der Waals surface area (Å²) >= 11 is 0. The third kappa shape index (κ3) is 51.4. The lowest BCUT2D eigenvalue weighted by Gasteiger charge is -2.26. The normalized spacial score (nSPS) is 12.9. The van der Waals surface area contributed by atoms with Gasteiger partial charge in [-0.15, -0.1) is 0 Å². The third-order valence-electron chi connectivity index (χ3n) is 12.7. The first-order chi connectivity index (χ1) is 32.6. The number of nitrogens with zero attached hydrogens (tertiary/aromatic N) is 1. The van der Waals surface area contributed by atoms with Gasteiger partial charge in [-0.2, -0.15) is 0 Å². The lowest BCUT2D eigenvalue weighted by Crippen LogP contribution is -2.44. The van der Waals surface area contributed by atoms with Crippen LogP contribution in [0.1, 0.15) is 271 Å². The minimum absolute atomic E-state index is 0.149. The largest absolute Gasteiger partial charge is 0.545 e. The van der Waals surface area contributed by atoms with Crippen molar-refractivity contribution in [2.24, 2.45) is 0 Å². The second-order valence-corrected chi connectivity index (χ2v) is 20.6. The fraction of sp³-hybridized carbons (Fsp3) is 0.879. The highest BCUT2D eigenvalue weighted by Crippen LogP contribution is 2.17. The van der Waals surface area contributed by atoms with E-state index in [0.29, 0.717) is 17.4 Å². The Morgan fingerprint density at radius 2 is 0.776 bits per heavy atom. The molecule has 0 N–H and O–H groups in total. The molecule has 9 heteroatoms. The number of rotatable bonds is 53. The molecule has 2 unspecified atom stereocenters. The Morgan fingerprint density at radius 3 is 1.15 bits per heavy atom. The average molecular weight is 949 g/mol. The zero-order valence-electron chi connectivity index (χ0n) is 44.8. The van der Waals surface area contributed by atoms with Crippen LogP contribution in [-0.4, -0.2) is 82.3 Å². The summed E-state index contributed by atoms with van der Waals surface area (Å²) in [6.45, 7) is 4.72. The van der Waals surface area contributed by atoms with Crippen LogP contribution in [0.2, 0.25) is 0 Å². The Kier molecular flexibility index (Phi) is 48.5. The van der Waals surface area contributed by atoms with E-state index in [1.807, 2.05) is 21.1 Å². The first kappa shape index (κ1) is 64.8. The van der Waals surface area contributed by atoms with Gasteiger partial charge in [0.2, 0.25) is 0 Å². The molecule has 2 atom stereocenters. The summed E-state index contributed by atoms with van der Waals surface area (Å²) in [5.74, 6) is -2.28. The fourth-order valence-corrected chi connectivity index (χ4v) is 8.22. The van der Waals surface area contributed by atoms with Crippen LogP contribution in [0.4, 0.5) is 0 Å². The van der Waals surface area contributed by atoms with Crippen LogP contribution in [0.15, 0.2) is 24.3 Å². The highest BCUT2D eigenvalue weighted by atomic mass is 16.7. The second-order valence-electron chi connectivity index (χ2n) is 20.6. The molecule has 394 valence electrons. The van der Waals surface area contributed by atoms with Crippen molar-refractivity contribution in [3.05, 3.63) is 24.3 Å². The van der Waals surface area contributed by atoms with Crippen molar-refractivity contribution in [3.63, 3.8) is 0 Å². The van der Waals surface area contributed by atoms with Crippen LogP contribution >= 0.6 is 0 Å². The molecule has 0 aliphatic rings. The van der Waals surface area contributed by atoms with Crippen molar-refractivity contribution >= 4 is 17.9 Å². The van der Waals surface area contributed by atoms with Crippen molar-refractivity contribution in [3.8, 4) is 0 Å². The molecule has 0 rings (SSSR count). The number of hydrogen-bond acceptors (Lipinski definition) is 8. The Balaban J connectivity index is 4.04. The number of unbranched alkanes of at least 4 members (excludes halogenated alkanes) is 34. The quantitative estimate of drug-likeness (QED) is 0.0195. The highest BCUT2D eigenvalue weighted by molar-refractivity contribution is 5.70. The highest BCUT2D eigenvalue weighted by Gasteiger charge is 2.22. The molecule has 0 fully saturated rings. The van der Waals surface area contributed by atoms with Gasteiger partial charge in [-0.3, -0.25) is 9.59 Å². The molecule has 0 radical (unpaired) electrons. The second kappa shape index (κ2) is 50.2. The smallest absolute Gasteiger partial charge is 0.306 e. The summed E-state index contributed by atoms with van der Waals surface area (Å²) in [6.07, 6.45) is 55.4. The molecule has 9 nitrogen and oxygen atoms in total. The van der Waals surface area contributed by atoms with Crippen LogP contribution < -0.4 is 5.11 Å². The first-order valence-electron chi connectivity index (χ1n) is 28.5. The molecule has 0 spiro atoms. The van der Waals surface area contributed by atoms with Crippen molar-refractivity contribution in [1.82, 2.24) is 0 Å². The zero-order chi connectivity index (χ0) is 49.2. The first-order valence-corrected chi connectivity index (χ1v) is 28.5. The summed E-state index contributed by atoms with van der Waals surface area (Å²) in [7, 11) is 5.92. The molecular weight excluding hydrogens is 839 g/mol. The van der Waals surface area contributed by atoms with E-state index in [1.54, 1.807) is 0 Å². The number of quaternary nitrogens is 1. The number of carboxylic acid groups (broad SMARTS) is 1. The average Bonchev–Trinajstić information content (AvgIpc) is 3.29. The SMILES string of the molecule is CCCC/C=C\CCCCCCCC(=O)OCC(COC(OCC[N+](C)(C)C)C(=O)[O-])OC(=O)CCCCCCCCCCCCCCCCCCCCC/C=C\CCCCCCCCCC. The molecule has 0 aliphatic carbocycles. The Hall–Kier alpha value is -2.23. The molecule has 0 amide bonds. The number of allylic oxidation sites excluding steroid dienone is 4. The van der Waals surface area contributed by atoms with E-state index in [0.717, 1.165) is 57.8 Å². The van der Waals surface area contributed by atoms with Gasteiger partial charge in [0.25, 0.3) is 0 Å². The van der Waals surface area contributed by atoms with Gasteiger partial charge in [-0.1, -0.05) is 224 Å². The standard InChI is InChI=1S/C58H109NO8/c1-6-8-10-12-14-16-18-19-20-21-22-23-24-25-26-27-28-29-30-31-32-33-34-35-36-37-39-41-43-45-47-49-56(61)67-54(53-66-58(57(62)63)64-51-50-59(3,4)5)52-65-55(60)48-46-44-42-40-38-17-15-13-11-9-7-2/h13,15,21-22,54,58H,6-12,14,16-20,23-53H2,1-5H3/b15-13-,22-21-. The maximum Gasteiger partial charge on any atom is 0.306 e. The summed E-state index contributed by atoms with van der Waals surface area (Å²) in [5, 5.41) is 11.7. The van der Waals surface area contributed by atoms with E-state index < -0.39 is 24.3 Å². The lowest BCUT2D eigenvalue weighted by atomic mass is 10.0. The summed E-state index contributed by atoms with van der Waals surface area (Å²) in [4.78, 5) is 37.1. The van der Waals surface area contributed by atoms with E-state index >= 15 is 0 Å². The maximum atomic E-state index is 12.8. The number of carbonyl (C=O) groups excluding carboxylic acids is 3. The summed E-state index contributed by atoms with van der Waals surface area (Å²) in [6, 6.07) is 0. The Labute approximate surface area is 414 Å². The van der Waals surface area contributed by atoms with E-state index in [2.05, 4.69) is 38.2 Å². The molecule has 67 heavy (non-hydrogen) atoms. The minimum Gasteiger partial charge on any atom is -0.545 e. The number of likely N-dealkylation sites (N-methyl/N-ethyl adjacent to an activating group) is 1. The van der Waals surface area contributed by atoms with E-state index in [4.69, 9.17) is 18.9 Å². The van der Waals surface area contributed by atoms with Gasteiger partial charge in [0.05, 0.1) is 40.3 Å². The van der Waals surface area contributed by atoms with E-state index in [-0.39, 0.29) is 38.6 Å². The maximum absolute atomic E-state index is 12.8. The Morgan fingerprint density at radius 1 is 0.433 bits per heavy atom. The fourth-order valence-electron chi connectivity index (χ4n) is 8.22. The molecule has 0 aromatic carbocycles. The number of carbonyl (C=O) groups is 3. The molecule has 0 aliphatic heterocycles. The predicted molar refractivity (Wildman–Crippen MR) is 279 cm³/mol. The van der Waals surface area contributed by atoms with Crippen LogP contribution in [0, 0.1) is 0 Å². The summed E-state index contributed by atoms with van der Waals surface area (Å²) < 4.78 is 22.6. The van der Waals surface area contributed by atoms with Crippen molar-refractivity contribution in [2.75, 3.05) is 47.5 Å². The molecule has 0 heterocycles. The minimum atomic E-state index is -1.62. The number of aliphatic carboxylic acids is 1. The molecule has 0 bridgehead atoms. The zero-order valence-corrected chi connectivity index (χ0v) is 44.8. The van der Waals surface area contributed by atoms with Crippen LogP contribution in [-0.2, 0) is 33.3 Å². The van der Waals surface area contributed by atoms with E-state index in [9.17, 15) is 19.5 Å². The monoisotopic (exact) mass is 948 g/mol. The van der Waals surface area contributed by atoms with Crippen LogP contribution in [0.5, 0.6) is 0 Å². The van der Waals surface area contributed by atoms with Gasteiger partial charge in [-0.25, -0.2) is 0 Å². The number of hydrogen-bond donors (Lipinski definition) is 0. The van der Waals surface area contributed by atoms with Crippen LogP contribution in [0.25, 0.3) is 0 Å². The number of carboxylic acids is 1. The molecular formula is C58H109NO8. The van der Waals surface area contributed by atoms with Crippen molar-refractivity contribution < 1.29 is 42.9 Å². The van der Waals surface area contributed by atoms with Crippen LogP contribution in [0.3, 0.4) is 0 Å². The summed E-state index contributed by atoms with van der Waals surface area (Å²) in [5.41, 5.74) is 0. The van der Waals surface area contributed by atoms with Gasteiger partial charge in [-0.05, 0) is 57.8 Å². The number of ether oxygens (including phenoxy) is 4. The lowest BCUT2D eigenvalue weighted by molar-refractivity contribution is -0.870. The van der Waals surface area contributed by atoms with Gasteiger partial charge in [0.1, 0.15) is 13.2 Å². The third-order valence-corrected chi connectivity index (χ3v) is 12.7. The molecule has 0 aromatic rings. The van der Waals surface area contributed by atoms with Gasteiger partial charge in [0, 0.05) is 12.8 Å². The predicted octanol–water partition coefficient (Wildman–Crippen LogP) is 15.0. The van der Waals surface area contributed by atoms with Gasteiger partial charge in [0.15, 0.2) is 12.4 Å². The van der Waals surface area contributed by atoms with Gasteiger partial charge < -0.3 is 33.3 Å². The number of esters is 2. The Bertz CT molecular complexity index is 1150. The molecule has 0 saturated heterocycles. The van der Waals surface area contributed by atoms with Crippen molar-refractivity contribution in [1.29, 1.82) is 0 Å². The molecule has 0 aromatic heterocycles. The van der Waals surface area contributed by atoms with Crippen molar-refractivity contribution in [2.45, 2.75) is 283 Å². The topological polar surface area (TPSA) is 111 Å². The van der Waals surface area contributed by atoms with Gasteiger partial charge >= 0.3 is 11.9 Å². The van der Waals surface area contributed by atoms with E-state index in [1.165, 1.54) is 180 Å².